The molecule has 4 atom stereocenters. The molecule has 1 fully saturated rings. The first-order valence-corrected chi connectivity index (χ1v) is 14.9. The van der Waals surface area contributed by atoms with Crippen molar-refractivity contribution in [3.8, 4) is 11.5 Å². The third kappa shape index (κ3) is 10.1. The first-order chi connectivity index (χ1) is 21.5. The number of hydrogen-bond donors (Lipinski definition) is 1. The van der Waals surface area contributed by atoms with Crippen LogP contribution in [-0.2, 0) is 39.8 Å². The second kappa shape index (κ2) is 17.2. The third-order valence-electron chi connectivity index (χ3n) is 6.70. The van der Waals surface area contributed by atoms with E-state index in [1.807, 2.05) is 6.07 Å². The van der Waals surface area contributed by atoms with Crippen molar-refractivity contribution in [2.45, 2.75) is 58.3 Å². The number of unbranched alkanes of at least 4 members (excludes halogenated alkanes) is 1. The number of alkyl halides is 1. The number of pyridine rings is 1. The molecule has 1 aliphatic rings. The number of methoxy groups -OCH3 is 1. The van der Waals surface area contributed by atoms with Gasteiger partial charge in [0.05, 0.1) is 19.6 Å². The minimum absolute atomic E-state index is 0.0106. The number of hydrogen-bond acceptors (Lipinski definition) is 12. The Morgan fingerprint density at radius 1 is 1.09 bits per heavy atom. The summed E-state index contributed by atoms with van der Waals surface area (Å²) in [5, 5.41) is 2.42. The maximum Gasteiger partial charge on any atom is 0.514 e. The summed E-state index contributed by atoms with van der Waals surface area (Å²) in [7, 11) is 1.29. The van der Waals surface area contributed by atoms with E-state index in [2.05, 4.69) is 10.3 Å². The van der Waals surface area contributed by atoms with Gasteiger partial charge in [-0.15, -0.1) is 11.6 Å². The highest BCUT2D eigenvalue weighted by Gasteiger charge is 2.42. The van der Waals surface area contributed by atoms with Gasteiger partial charge in [-0.25, -0.2) is 14.6 Å². The molecule has 244 valence electrons. The number of esters is 3. The summed E-state index contributed by atoms with van der Waals surface area (Å²) in [6, 6.07) is 8.88. The molecule has 1 aliphatic heterocycles. The summed E-state index contributed by atoms with van der Waals surface area (Å²) in [5.41, 5.74) is 0.353. The van der Waals surface area contributed by atoms with Crippen molar-refractivity contribution in [2.75, 3.05) is 26.2 Å². The van der Waals surface area contributed by atoms with Crippen LogP contribution in [0.5, 0.6) is 11.5 Å². The number of halogens is 1. The minimum Gasteiger partial charge on any atom is -0.493 e. The zero-order valence-corrected chi connectivity index (χ0v) is 26.2. The summed E-state index contributed by atoms with van der Waals surface area (Å²) in [6.07, 6.45) is -0.902. The number of amides is 1. The van der Waals surface area contributed by atoms with Crippen LogP contribution in [0.1, 0.15) is 49.7 Å². The highest BCUT2D eigenvalue weighted by atomic mass is 35.5. The van der Waals surface area contributed by atoms with E-state index in [0.29, 0.717) is 18.7 Å². The number of nitrogens with one attached hydrogen (secondary N) is 1. The lowest BCUT2D eigenvalue weighted by molar-refractivity contribution is -0.176. The summed E-state index contributed by atoms with van der Waals surface area (Å²) in [6.45, 7) is 4.19. The normalized spacial score (nSPS) is 20.0. The Bertz CT molecular complexity index is 1340. The molecule has 1 saturated heterocycles. The second-order valence-electron chi connectivity index (χ2n) is 10.4. The first kappa shape index (κ1) is 35.1. The van der Waals surface area contributed by atoms with Crippen LogP contribution in [0, 0.1) is 11.8 Å². The quantitative estimate of drug-likeness (QED) is 0.154. The molecule has 0 spiro atoms. The predicted molar refractivity (Wildman–Crippen MR) is 159 cm³/mol. The van der Waals surface area contributed by atoms with Crippen molar-refractivity contribution in [3.63, 3.8) is 0 Å². The molecular formula is C31H37ClN2O11. The Balaban J connectivity index is 1.84. The molecule has 1 aromatic carbocycles. The number of nitrogens with zero attached hydrogens (tertiary/aromatic N) is 1. The molecule has 0 radical (unpaired) electrons. The number of aromatic nitrogens is 1. The van der Waals surface area contributed by atoms with Crippen LogP contribution in [0.25, 0.3) is 0 Å². The summed E-state index contributed by atoms with van der Waals surface area (Å²) in [4.78, 5) is 69.0. The average molecular weight is 649 g/mol. The van der Waals surface area contributed by atoms with Gasteiger partial charge >= 0.3 is 24.1 Å². The molecule has 0 bridgehead atoms. The molecule has 45 heavy (non-hydrogen) atoms. The monoisotopic (exact) mass is 648 g/mol. The van der Waals surface area contributed by atoms with E-state index in [1.165, 1.54) is 26.3 Å². The predicted octanol–water partition coefficient (Wildman–Crippen LogP) is 3.64. The fourth-order valence-electron chi connectivity index (χ4n) is 4.29. The van der Waals surface area contributed by atoms with Gasteiger partial charge in [0.1, 0.15) is 18.6 Å². The molecule has 0 saturated carbocycles. The van der Waals surface area contributed by atoms with Gasteiger partial charge in [-0.1, -0.05) is 44.2 Å². The second-order valence-corrected chi connectivity index (χ2v) is 10.8. The maximum absolute atomic E-state index is 13.4. The van der Waals surface area contributed by atoms with Crippen molar-refractivity contribution in [2.24, 2.45) is 11.8 Å². The molecule has 1 amide bonds. The molecule has 1 aromatic heterocycles. The smallest absolute Gasteiger partial charge is 0.493 e. The van der Waals surface area contributed by atoms with E-state index in [-0.39, 0.29) is 24.5 Å². The lowest BCUT2D eigenvalue weighted by Crippen LogP contribution is -2.47. The van der Waals surface area contributed by atoms with Gasteiger partial charge in [0.2, 0.25) is 5.75 Å². The molecule has 0 unspecified atom stereocenters. The molecule has 2 heterocycles. The van der Waals surface area contributed by atoms with E-state index < -0.39 is 72.4 Å². The van der Waals surface area contributed by atoms with E-state index in [4.69, 9.17) is 40.0 Å². The van der Waals surface area contributed by atoms with Gasteiger partial charge in [-0.05, 0) is 31.7 Å². The number of ether oxygens (including phenoxy) is 6. The van der Waals surface area contributed by atoms with Crippen LogP contribution >= 0.6 is 11.6 Å². The molecule has 13 nitrogen and oxygen atoms in total. The highest BCUT2D eigenvalue weighted by molar-refractivity contribution is 6.17. The fraction of sp³-hybridized carbons (Fsp3) is 0.484. The summed E-state index contributed by atoms with van der Waals surface area (Å²) >= 11 is 5.63. The van der Waals surface area contributed by atoms with Crippen molar-refractivity contribution in [1.82, 2.24) is 10.3 Å². The van der Waals surface area contributed by atoms with Crippen molar-refractivity contribution >= 4 is 41.6 Å². The topological polar surface area (TPSA) is 166 Å². The number of cyclic esters (lactones) is 2. The van der Waals surface area contributed by atoms with Crippen LogP contribution in [0.4, 0.5) is 4.79 Å². The largest absolute Gasteiger partial charge is 0.514 e. The Kier molecular flexibility index (Phi) is 13.4. The van der Waals surface area contributed by atoms with Crippen LogP contribution in [0.3, 0.4) is 0 Å². The van der Waals surface area contributed by atoms with Gasteiger partial charge in [-0.3, -0.25) is 14.4 Å². The number of benzene rings is 1. The van der Waals surface area contributed by atoms with Gasteiger partial charge in [-0.2, -0.15) is 0 Å². The molecule has 14 heteroatoms. The van der Waals surface area contributed by atoms with Crippen LogP contribution < -0.4 is 14.8 Å². The minimum atomic E-state index is -1.50. The maximum atomic E-state index is 13.4. The number of carbonyl (C=O) groups is 5. The Morgan fingerprint density at radius 2 is 1.82 bits per heavy atom. The zero-order chi connectivity index (χ0) is 32.9. The van der Waals surface area contributed by atoms with Gasteiger partial charge < -0.3 is 33.7 Å². The molecule has 2 aromatic rings. The highest BCUT2D eigenvalue weighted by Crippen LogP contribution is 2.30. The summed E-state index contributed by atoms with van der Waals surface area (Å²) in [5.74, 6) is -4.79. The summed E-state index contributed by atoms with van der Waals surface area (Å²) < 4.78 is 32.2. The zero-order valence-electron chi connectivity index (χ0n) is 25.5. The van der Waals surface area contributed by atoms with Crippen molar-refractivity contribution in [1.29, 1.82) is 0 Å². The molecule has 1 N–H and O–H groups in total. The SMILES string of the molecule is COc1ccnc(C(=O)N[C@H]2COC(=O)[C@H](Cc3ccccc3)[C@@H](OC(=O)C(C)C)[C@H](C)OC2=O)c1OC(=O)OCCCCCl. The Morgan fingerprint density at radius 3 is 2.49 bits per heavy atom. The van der Waals surface area contributed by atoms with Crippen LogP contribution in [0.15, 0.2) is 42.6 Å². The number of rotatable bonds is 12. The van der Waals surface area contributed by atoms with Crippen LogP contribution in [0.2, 0.25) is 0 Å². The van der Waals surface area contributed by atoms with Crippen molar-refractivity contribution < 1.29 is 52.4 Å². The molecule has 3 rings (SSSR count). The molecular weight excluding hydrogens is 612 g/mol. The van der Waals surface area contributed by atoms with Gasteiger partial charge in [0.15, 0.2) is 23.6 Å². The van der Waals surface area contributed by atoms with E-state index in [9.17, 15) is 24.0 Å². The average Bonchev–Trinajstić information content (AvgIpc) is 3.05. The van der Waals surface area contributed by atoms with Gasteiger partial charge in [0, 0.05) is 18.1 Å². The Labute approximate surface area is 265 Å². The van der Waals surface area contributed by atoms with E-state index in [1.54, 1.807) is 38.1 Å². The standard InChI is InChI=1S/C31H37ClN2O11/c1-18(2)28(36)44-25-19(3)43-30(38)22(17-42-29(37)21(25)16-20-10-6-5-7-11-20)34-27(35)24-26(23(40-4)12-14-33-24)45-31(39)41-15-9-8-13-32/h5-7,10-12,14,18-19,21-22,25H,8-9,13,15-17H2,1-4H3,(H,34,35)/t19-,21+,22-,25-/m0/s1. The van der Waals surface area contributed by atoms with E-state index >= 15 is 0 Å². The van der Waals surface area contributed by atoms with Crippen molar-refractivity contribution in [3.05, 3.63) is 53.9 Å². The van der Waals surface area contributed by atoms with Gasteiger partial charge in [0.25, 0.3) is 5.91 Å². The Hall–Kier alpha value is -4.39. The lowest BCUT2D eigenvalue weighted by atomic mass is 9.91. The van der Waals surface area contributed by atoms with Crippen LogP contribution in [-0.4, -0.2) is 79.4 Å². The number of carbonyl (C=O) groups excluding carboxylic acids is 5. The third-order valence-corrected chi connectivity index (χ3v) is 6.97. The fourth-order valence-corrected chi connectivity index (χ4v) is 4.48. The van der Waals surface area contributed by atoms with E-state index in [0.717, 1.165) is 5.56 Å². The lowest BCUT2D eigenvalue weighted by Gasteiger charge is -2.29. The molecule has 0 aliphatic carbocycles. The first-order valence-electron chi connectivity index (χ1n) is 14.4.